The van der Waals surface area contributed by atoms with Crippen LogP contribution in [0.15, 0.2) is 0 Å². The minimum Gasteiger partial charge on any atom is -0.396 e. The number of rotatable bonds is 1. The van der Waals surface area contributed by atoms with Crippen molar-refractivity contribution in [1.29, 1.82) is 0 Å². The Hall–Kier alpha value is 0.170. The molecule has 0 aromatic rings. The fraction of sp³-hybridized carbons (Fsp3) is 1.00. The van der Waals surface area contributed by atoms with Gasteiger partial charge in [0.05, 0.1) is 12.7 Å². The van der Waals surface area contributed by atoms with E-state index < -0.39 is 0 Å². The summed E-state index contributed by atoms with van der Waals surface area (Å²) in [7, 11) is 0. The maximum absolute atomic E-state index is 9.76. The predicted molar refractivity (Wildman–Crippen MR) is 48.4 cm³/mol. The molecular weight excluding hydrogens is 178 g/mol. The van der Waals surface area contributed by atoms with Crippen molar-refractivity contribution in [2.24, 2.45) is 11.3 Å². The molecule has 1 aliphatic heterocycles. The first-order valence-electron chi connectivity index (χ1n) is 4.28. The van der Waals surface area contributed by atoms with E-state index in [1.807, 2.05) is 0 Å². The van der Waals surface area contributed by atoms with Gasteiger partial charge in [0, 0.05) is 18.5 Å². The first-order chi connectivity index (χ1) is 5.28. The molecule has 1 saturated heterocycles. The standard InChI is InChI=1S/C8H15NO2.ClH/c10-5-8-2-1-6(7(8)11)3-9-4-8;/h6-7,9-11H,1-5H2;1H/t6-,7+,8+;/m0./s1. The molecule has 1 saturated carbocycles. The highest BCUT2D eigenvalue weighted by Gasteiger charge is 2.49. The summed E-state index contributed by atoms with van der Waals surface area (Å²) < 4.78 is 0. The Kier molecular flexibility index (Phi) is 2.99. The Morgan fingerprint density at radius 3 is 2.83 bits per heavy atom. The molecule has 0 spiro atoms. The minimum atomic E-state index is -0.270. The van der Waals surface area contributed by atoms with Crippen LogP contribution in [0.2, 0.25) is 0 Å². The number of piperidine rings is 1. The second-order valence-electron chi connectivity index (χ2n) is 3.89. The van der Waals surface area contributed by atoms with Gasteiger partial charge >= 0.3 is 0 Å². The lowest BCUT2D eigenvalue weighted by molar-refractivity contribution is -0.0303. The molecule has 3 N–H and O–H groups in total. The van der Waals surface area contributed by atoms with Crippen LogP contribution in [0.4, 0.5) is 0 Å². The molecule has 0 aromatic heterocycles. The van der Waals surface area contributed by atoms with Gasteiger partial charge in [-0.3, -0.25) is 0 Å². The van der Waals surface area contributed by atoms with Gasteiger partial charge in [-0.1, -0.05) is 0 Å². The summed E-state index contributed by atoms with van der Waals surface area (Å²) >= 11 is 0. The highest BCUT2D eigenvalue weighted by Crippen LogP contribution is 2.43. The molecule has 12 heavy (non-hydrogen) atoms. The second-order valence-corrected chi connectivity index (χ2v) is 3.89. The summed E-state index contributed by atoms with van der Waals surface area (Å²) in [6.45, 7) is 1.82. The van der Waals surface area contributed by atoms with Crippen molar-refractivity contribution in [2.75, 3.05) is 19.7 Å². The van der Waals surface area contributed by atoms with Crippen molar-refractivity contribution in [3.8, 4) is 0 Å². The third kappa shape index (κ3) is 1.25. The van der Waals surface area contributed by atoms with E-state index in [2.05, 4.69) is 5.32 Å². The zero-order chi connectivity index (χ0) is 7.90. The monoisotopic (exact) mass is 193 g/mol. The summed E-state index contributed by atoms with van der Waals surface area (Å²) in [5, 5.41) is 22.1. The van der Waals surface area contributed by atoms with Gasteiger partial charge < -0.3 is 15.5 Å². The van der Waals surface area contributed by atoms with Gasteiger partial charge in [0.2, 0.25) is 0 Å². The number of aliphatic hydroxyl groups is 2. The molecule has 1 aliphatic carbocycles. The molecule has 0 unspecified atom stereocenters. The van der Waals surface area contributed by atoms with Gasteiger partial charge in [-0.15, -0.1) is 12.4 Å². The second kappa shape index (κ2) is 3.50. The highest BCUT2D eigenvalue weighted by atomic mass is 35.5. The van der Waals surface area contributed by atoms with Crippen molar-refractivity contribution >= 4 is 12.4 Å². The van der Waals surface area contributed by atoms with E-state index >= 15 is 0 Å². The maximum atomic E-state index is 9.76. The van der Waals surface area contributed by atoms with Crippen LogP contribution in [0.25, 0.3) is 0 Å². The van der Waals surface area contributed by atoms with Gasteiger partial charge in [-0.25, -0.2) is 0 Å². The van der Waals surface area contributed by atoms with E-state index in [1.54, 1.807) is 0 Å². The third-order valence-corrected chi connectivity index (χ3v) is 3.29. The Balaban J connectivity index is 0.000000720. The molecule has 4 heteroatoms. The van der Waals surface area contributed by atoms with Crippen molar-refractivity contribution in [2.45, 2.75) is 18.9 Å². The van der Waals surface area contributed by atoms with Crippen LogP contribution in [0.5, 0.6) is 0 Å². The highest BCUT2D eigenvalue weighted by molar-refractivity contribution is 5.85. The molecule has 2 fully saturated rings. The van der Waals surface area contributed by atoms with E-state index in [0.717, 1.165) is 25.9 Å². The summed E-state index contributed by atoms with van der Waals surface area (Å²) in [6.07, 6.45) is 1.77. The fourth-order valence-electron chi connectivity index (χ4n) is 2.42. The van der Waals surface area contributed by atoms with Crippen LogP contribution < -0.4 is 5.32 Å². The Morgan fingerprint density at radius 2 is 2.25 bits per heavy atom. The van der Waals surface area contributed by atoms with Crippen molar-refractivity contribution < 1.29 is 10.2 Å². The Morgan fingerprint density at radius 1 is 1.50 bits per heavy atom. The van der Waals surface area contributed by atoms with Gasteiger partial charge in [-0.2, -0.15) is 0 Å². The fourth-order valence-corrected chi connectivity index (χ4v) is 2.42. The molecule has 3 atom stereocenters. The quantitative estimate of drug-likeness (QED) is 0.539. The molecule has 2 bridgehead atoms. The first kappa shape index (κ1) is 10.3. The normalized spacial score (nSPS) is 45.5. The van der Waals surface area contributed by atoms with Crippen LogP contribution in [0, 0.1) is 11.3 Å². The average molecular weight is 194 g/mol. The molecule has 1 heterocycles. The number of aliphatic hydroxyl groups excluding tert-OH is 2. The third-order valence-electron chi connectivity index (χ3n) is 3.29. The molecule has 0 radical (unpaired) electrons. The molecule has 0 aromatic carbocycles. The largest absolute Gasteiger partial charge is 0.396 e. The SMILES string of the molecule is Cl.OC[C@@]12CC[C@@H](CNC1)[C@H]2O. The number of halogens is 1. The topological polar surface area (TPSA) is 52.5 Å². The Bertz CT molecular complexity index is 163. The zero-order valence-corrected chi connectivity index (χ0v) is 7.81. The van der Waals surface area contributed by atoms with Gasteiger partial charge in [0.25, 0.3) is 0 Å². The lowest BCUT2D eigenvalue weighted by Crippen LogP contribution is -2.51. The van der Waals surface area contributed by atoms with Crippen LogP contribution in [0.3, 0.4) is 0 Å². The van der Waals surface area contributed by atoms with Crippen LogP contribution in [-0.4, -0.2) is 36.0 Å². The molecular formula is C8H16ClNO2. The average Bonchev–Trinajstić information content (AvgIpc) is 2.25. The molecule has 72 valence electrons. The van der Waals surface area contributed by atoms with Crippen LogP contribution >= 0.6 is 12.4 Å². The lowest BCUT2D eigenvalue weighted by atomic mass is 9.81. The van der Waals surface area contributed by atoms with Crippen LogP contribution in [-0.2, 0) is 0 Å². The lowest BCUT2D eigenvalue weighted by Gasteiger charge is -2.36. The summed E-state index contributed by atoms with van der Waals surface area (Å²) in [5.74, 6) is 0.385. The van der Waals surface area contributed by atoms with E-state index in [1.165, 1.54) is 0 Å². The van der Waals surface area contributed by atoms with E-state index in [9.17, 15) is 5.11 Å². The minimum absolute atomic E-state index is 0. The molecule has 2 aliphatic rings. The summed E-state index contributed by atoms with van der Waals surface area (Å²) in [6, 6.07) is 0. The van der Waals surface area contributed by atoms with Gasteiger partial charge in [-0.05, 0) is 18.8 Å². The Labute approximate surface area is 78.6 Å². The van der Waals surface area contributed by atoms with Gasteiger partial charge in [0.15, 0.2) is 0 Å². The van der Waals surface area contributed by atoms with E-state index in [4.69, 9.17) is 5.11 Å². The van der Waals surface area contributed by atoms with Crippen LogP contribution in [0.1, 0.15) is 12.8 Å². The smallest absolute Gasteiger partial charge is 0.0670 e. The van der Waals surface area contributed by atoms with Crippen molar-refractivity contribution in [3.05, 3.63) is 0 Å². The zero-order valence-electron chi connectivity index (χ0n) is 6.99. The number of hydrogen-bond acceptors (Lipinski definition) is 3. The molecule has 0 amide bonds. The molecule has 3 nitrogen and oxygen atoms in total. The number of nitrogens with one attached hydrogen (secondary N) is 1. The van der Waals surface area contributed by atoms with Crippen molar-refractivity contribution in [3.63, 3.8) is 0 Å². The summed E-state index contributed by atoms with van der Waals surface area (Å²) in [4.78, 5) is 0. The number of fused-ring (bicyclic) bond motifs is 2. The molecule has 2 rings (SSSR count). The van der Waals surface area contributed by atoms with Gasteiger partial charge in [0.1, 0.15) is 0 Å². The maximum Gasteiger partial charge on any atom is 0.0670 e. The first-order valence-corrected chi connectivity index (χ1v) is 4.28. The number of hydrogen-bond donors (Lipinski definition) is 3. The summed E-state index contributed by atoms with van der Waals surface area (Å²) in [5.41, 5.74) is -0.205. The predicted octanol–water partition coefficient (Wildman–Crippen LogP) is -0.239. The van der Waals surface area contributed by atoms with E-state index in [0.29, 0.717) is 5.92 Å². The van der Waals surface area contributed by atoms with Crippen molar-refractivity contribution in [1.82, 2.24) is 5.32 Å². The van der Waals surface area contributed by atoms with E-state index in [-0.39, 0.29) is 30.5 Å².